The summed E-state index contributed by atoms with van der Waals surface area (Å²) in [6.45, 7) is 4.77. The summed E-state index contributed by atoms with van der Waals surface area (Å²) < 4.78 is 0.996. The standard InChI is InChI=1S/C18H21BrClN3/c19-14-11-13-3-4-17(21-18(13)16(20)12-14)23-9-5-15(6-10-23)22-7-1-2-8-22/h3-4,11-12,15H,1-2,5-10H2. The van der Waals surface area contributed by atoms with Crippen LogP contribution in [0, 0.1) is 0 Å². The molecule has 23 heavy (non-hydrogen) atoms. The Balaban J connectivity index is 1.51. The molecule has 2 fully saturated rings. The number of rotatable bonds is 2. The fourth-order valence-electron chi connectivity index (χ4n) is 3.89. The molecule has 4 rings (SSSR count). The highest BCUT2D eigenvalue weighted by atomic mass is 79.9. The summed E-state index contributed by atoms with van der Waals surface area (Å²) in [6, 6.07) is 9.01. The fraction of sp³-hybridized carbons (Fsp3) is 0.500. The van der Waals surface area contributed by atoms with Gasteiger partial charge in [-0.25, -0.2) is 4.98 Å². The van der Waals surface area contributed by atoms with Crippen molar-refractivity contribution in [2.75, 3.05) is 31.1 Å². The van der Waals surface area contributed by atoms with Crippen molar-refractivity contribution < 1.29 is 0 Å². The molecular formula is C18H21BrClN3. The normalized spacial score (nSPS) is 20.5. The summed E-state index contributed by atoms with van der Waals surface area (Å²) in [5, 5.41) is 1.79. The van der Waals surface area contributed by atoms with E-state index in [9.17, 15) is 0 Å². The van der Waals surface area contributed by atoms with Crippen molar-refractivity contribution in [2.24, 2.45) is 0 Å². The molecule has 5 heteroatoms. The molecule has 0 bridgehead atoms. The summed E-state index contributed by atoms with van der Waals surface area (Å²) in [5.74, 6) is 1.06. The van der Waals surface area contributed by atoms with Crippen LogP contribution in [0.3, 0.4) is 0 Å². The van der Waals surface area contributed by atoms with Gasteiger partial charge in [0.15, 0.2) is 0 Å². The molecule has 122 valence electrons. The topological polar surface area (TPSA) is 19.4 Å². The lowest BCUT2D eigenvalue weighted by Gasteiger charge is -2.37. The lowest BCUT2D eigenvalue weighted by atomic mass is 10.0. The minimum absolute atomic E-state index is 0.711. The van der Waals surface area contributed by atoms with E-state index in [4.69, 9.17) is 16.6 Å². The van der Waals surface area contributed by atoms with Crippen molar-refractivity contribution in [3.63, 3.8) is 0 Å². The number of pyridine rings is 1. The highest BCUT2D eigenvalue weighted by Crippen LogP contribution is 2.30. The number of hydrogen-bond donors (Lipinski definition) is 0. The molecule has 0 atom stereocenters. The molecule has 0 aliphatic carbocycles. The average molecular weight is 395 g/mol. The Bertz CT molecular complexity index is 707. The highest BCUT2D eigenvalue weighted by Gasteiger charge is 2.26. The van der Waals surface area contributed by atoms with Crippen LogP contribution in [0.15, 0.2) is 28.7 Å². The van der Waals surface area contributed by atoms with Crippen molar-refractivity contribution in [1.82, 2.24) is 9.88 Å². The molecule has 0 radical (unpaired) electrons. The van der Waals surface area contributed by atoms with Gasteiger partial charge in [-0.15, -0.1) is 0 Å². The van der Waals surface area contributed by atoms with E-state index in [2.05, 4.69) is 43.9 Å². The minimum Gasteiger partial charge on any atom is -0.356 e. The molecule has 2 aliphatic rings. The van der Waals surface area contributed by atoms with Crippen LogP contribution in [0.1, 0.15) is 25.7 Å². The van der Waals surface area contributed by atoms with Crippen LogP contribution in [0.5, 0.6) is 0 Å². The van der Waals surface area contributed by atoms with Gasteiger partial charge in [-0.2, -0.15) is 0 Å². The quantitative estimate of drug-likeness (QED) is 0.735. The second kappa shape index (κ2) is 6.58. The van der Waals surface area contributed by atoms with Gasteiger partial charge in [0.25, 0.3) is 0 Å². The molecule has 0 saturated carbocycles. The first kappa shape index (κ1) is 15.7. The smallest absolute Gasteiger partial charge is 0.129 e. The summed E-state index contributed by atoms with van der Waals surface area (Å²) in [5.41, 5.74) is 0.897. The van der Waals surface area contributed by atoms with Crippen LogP contribution in [-0.2, 0) is 0 Å². The van der Waals surface area contributed by atoms with Crippen molar-refractivity contribution in [1.29, 1.82) is 0 Å². The Morgan fingerprint density at radius 2 is 1.78 bits per heavy atom. The largest absolute Gasteiger partial charge is 0.356 e. The van der Waals surface area contributed by atoms with E-state index >= 15 is 0 Å². The van der Waals surface area contributed by atoms with E-state index < -0.39 is 0 Å². The van der Waals surface area contributed by atoms with E-state index in [0.29, 0.717) is 5.02 Å². The monoisotopic (exact) mass is 393 g/mol. The Labute approximate surface area is 150 Å². The molecule has 0 spiro atoms. The molecule has 0 amide bonds. The molecule has 0 N–H and O–H groups in total. The first-order chi connectivity index (χ1) is 11.2. The maximum atomic E-state index is 6.36. The zero-order valence-corrected chi connectivity index (χ0v) is 15.5. The van der Waals surface area contributed by atoms with Crippen LogP contribution in [0.4, 0.5) is 5.82 Å². The second-order valence-electron chi connectivity index (χ2n) is 6.59. The highest BCUT2D eigenvalue weighted by molar-refractivity contribution is 9.10. The Morgan fingerprint density at radius 3 is 2.52 bits per heavy atom. The summed E-state index contributed by atoms with van der Waals surface area (Å²) >= 11 is 9.85. The number of anilines is 1. The molecule has 3 heterocycles. The molecule has 0 unspecified atom stereocenters. The van der Waals surface area contributed by atoms with Crippen molar-refractivity contribution in [3.05, 3.63) is 33.8 Å². The van der Waals surface area contributed by atoms with Gasteiger partial charge in [0.2, 0.25) is 0 Å². The maximum absolute atomic E-state index is 6.36. The van der Waals surface area contributed by atoms with Crippen LogP contribution in [-0.4, -0.2) is 42.1 Å². The zero-order valence-electron chi connectivity index (χ0n) is 13.1. The Hall–Kier alpha value is -0.840. The maximum Gasteiger partial charge on any atom is 0.129 e. The van der Waals surface area contributed by atoms with Gasteiger partial charge in [0.1, 0.15) is 5.82 Å². The average Bonchev–Trinajstić information content (AvgIpc) is 3.09. The molecule has 3 nitrogen and oxygen atoms in total. The van der Waals surface area contributed by atoms with E-state index in [-0.39, 0.29) is 0 Å². The third-order valence-corrected chi connectivity index (χ3v) is 5.89. The first-order valence-electron chi connectivity index (χ1n) is 8.45. The summed E-state index contributed by atoms with van der Waals surface area (Å²) in [4.78, 5) is 9.91. The molecule has 2 aliphatic heterocycles. The van der Waals surface area contributed by atoms with E-state index in [1.807, 2.05) is 6.07 Å². The first-order valence-corrected chi connectivity index (χ1v) is 9.62. The third kappa shape index (κ3) is 3.21. The SMILES string of the molecule is Clc1cc(Br)cc2ccc(N3CCC(N4CCCC4)CC3)nc12. The predicted octanol–water partition coefficient (Wildman–Crippen LogP) is 4.72. The van der Waals surface area contributed by atoms with Crippen LogP contribution in [0.25, 0.3) is 10.9 Å². The number of hydrogen-bond acceptors (Lipinski definition) is 3. The molecule has 1 aromatic heterocycles. The zero-order chi connectivity index (χ0) is 15.8. The lowest BCUT2D eigenvalue weighted by molar-refractivity contribution is 0.207. The van der Waals surface area contributed by atoms with E-state index in [0.717, 1.165) is 40.3 Å². The number of halogens is 2. The molecule has 2 saturated heterocycles. The number of fused-ring (bicyclic) bond motifs is 1. The van der Waals surface area contributed by atoms with Gasteiger partial charge in [-0.05, 0) is 63.0 Å². The number of nitrogens with zero attached hydrogens (tertiary/aromatic N) is 3. The third-order valence-electron chi connectivity index (χ3n) is 5.14. The van der Waals surface area contributed by atoms with Gasteiger partial charge in [0.05, 0.1) is 10.5 Å². The lowest BCUT2D eigenvalue weighted by Crippen LogP contribution is -2.44. The number of piperidine rings is 1. The van der Waals surface area contributed by atoms with Gasteiger partial charge in [-0.3, -0.25) is 0 Å². The Kier molecular flexibility index (Phi) is 4.48. The van der Waals surface area contributed by atoms with Crippen LogP contribution in [0.2, 0.25) is 5.02 Å². The van der Waals surface area contributed by atoms with Gasteiger partial charge < -0.3 is 9.80 Å². The fourth-order valence-corrected chi connectivity index (χ4v) is 4.77. The van der Waals surface area contributed by atoms with Gasteiger partial charge in [-0.1, -0.05) is 27.5 Å². The molecular weight excluding hydrogens is 374 g/mol. The predicted molar refractivity (Wildman–Crippen MR) is 100 cm³/mol. The summed E-state index contributed by atoms with van der Waals surface area (Å²) in [7, 11) is 0. The van der Waals surface area contributed by atoms with Gasteiger partial charge in [0, 0.05) is 29.0 Å². The van der Waals surface area contributed by atoms with E-state index in [1.165, 1.54) is 38.8 Å². The summed E-state index contributed by atoms with van der Waals surface area (Å²) in [6.07, 6.45) is 5.24. The van der Waals surface area contributed by atoms with Crippen LogP contribution >= 0.6 is 27.5 Å². The number of aromatic nitrogens is 1. The number of benzene rings is 1. The van der Waals surface area contributed by atoms with Crippen molar-refractivity contribution in [2.45, 2.75) is 31.7 Å². The second-order valence-corrected chi connectivity index (χ2v) is 7.91. The van der Waals surface area contributed by atoms with Gasteiger partial charge >= 0.3 is 0 Å². The Morgan fingerprint density at radius 1 is 1.04 bits per heavy atom. The number of likely N-dealkylation sites (tertiary alicyclic amines) is 1. The van der Waals surface area contributed by atoms with E-state index in [1.54, 1.807) is 0 Å². The molecule has 2 aromatic rings. The van der Waals surface area contributed by atoms with Crippen LogP contribution < -0.4 is 4.90 Å². The van der Waals surface area contributed by atoms with Crippen molar-refractivity contribution >= 4 is 44.3 Å². The van der Waals surface area contributed by atoms with Crippen molar-refractivity contribution in [3.8, 4) is 0 Å². The molecule has 1 aromatic carbocycles. The minimum atomic E-state index is 0.711.